The first-order chi connectivity index (χ1) is 6.27. The number of aromatic nitrogens is 2. The Hall–Kier alpha value is -2.07. The summed E-state index contributed by atoms with van der Waals surface area (Å²) in [6.07, 6.45) is 6.42. The van der Waals surface area contributed by atoms with Gasteiger partial charge in [0.1, 0.15) is 17.5 Å². The lowest BCUT2D eigenvalue weighted by molar-refractivity contribution is 0.352. The lowest BCUT2D eigenvalue weighted by atomic mass is 10.3. The van der Waals surface area contributed by atoms with Gasteiger partial charge >= 0.3 is 0 Å². The lowest BCUT2D eigenvalue weighted by Crippen LogP contribution is -2.01. The summed E-state index contributed by atoms with van der Waals surface area (Å²) in [6, 6.07) is 1.91. The van der Waals surface area contributed by atoms with Gasteiger partial charge in [-0.2, -0.15) is 10.2 Å². The summed E-state index contributed by atoms with van der Waals surface area (Å²) in [5.74, 6) is 3.09. The maximum Gasteiger partial charge on any atom is 0.236 e. The molecule has 1 aromatic rings. The van der Waals surface area contributed by atoms with Crippen LogP contribution in [0, 0.1) is 30.6 Å². The molecule has 0 unspecified atom stereocenters. The van der Waals surface area contributed by atoms with Crippen LogP contribution >= 0.6 is 0 Å². The minimum atomic E-state index is 0.102. The molecule has 0 aliphatic heterocycles. The Morgan fingerprint density at radius 1 is 1.69 bits per heavy atom. The first kappa shape index (κ1) is 9.02. The van der Waals surface area contributed by atoms with Crippen molar-refractivity contribution < 1.29 is 4.74 Å². The van der Waals surface area contributed by atoms with Gasteiger partial charge in [0.05, 0.1) is 6.20 Å². The summed E-state index contributed by atoms with van der Waals surface area (Å²) in [7, 11) is 0. The maximum absolute atomic E-state index is 8.65. The zero-order chi connectivity index (χ0) is 9.68. The summed E-state index contributed by atoms with van der Waals surface area (Å²) in [6.45, 7) is 1.81. The third kappa shape index (κ3) is 2.18. The summed E-state index contributed by atoms with van der Waals surface area (Å²) >= 11 is 0. The molecule has 0 saturated heterocycles. The largest absolute Gasteiger partial charge is 0.463 e. The van der Waals surface area contributed by atoms with E-state index in [0.717, 1.165) is 0 Å². The summed E-state index contributed by atoms with van der Waals surface area (Å²) in [5.41, 5.74) is 0.292. The van der Waals surface area contributed by atoms with E-state index >= 15 is 0 Å². The minimum Gasteiger partial charge on any atom is -0.463 e. The third-order valence-electron chi connectivity index (χ3n) is 1.29. The number of rotatable bonds is 2. The third-order valence-corrected chi connectivity index (χ3v) is 1.29. The van der Waals surface area contributed by atoms with Gasteiger partial charge in [0.2, 0.25) is 5.88 Å². The van der Waals surface area contributed by atoms with Gasteiger partial charge in [-0.1, -0.05) is 5.92 Å². The summed E-state index contributed by atoms with van der Waals surface area (Å²) < 4.78 is 5.05. The first-order valence-corrected chi connectivity index (χ1v) is 3.58. The van der Waals surface area contributed by atoms with Crippen LogP contribution in [0.5, 0.6) is 5.88 Å². The average molecular weight is 173 g/mol. The van der Waals surface area contributed by atoms with E-state index in [4.69, 9.17) is 16.4 Å². The molecule has 0 spiro atoms. The molecule has 0 saturated carbocycles. The molecule has 0 radical (unpaired) electrons. The van der Waals surface area contributed by atoms with Gasteiger partial charge in [0, 0.05) is 0 Å². The number of terminal acetylenes is 1. The van der Waals surface area contributed by atoms with Crippen LogP contribution in [0.15, 0.2) is 6.20 Å². The van der Waals surface area contributed by atoms with Crippen molar-refractivity contribution in [1.82, 2.24) is 9.97 Å². The molecule has 13 heavy (non-hydrogen) atoms. The smallest absolute Gasteiger partial charge is 0.236 e. The Bertz CT molecular complexity index is 387. The van der Waals surface area contributed by atoms with Crippen LogP contribution < -0.4 is 4.74 Å². The zero-order valence-corrected chi connectivity index (χ0v) is 7.11. The monoisotopic (exact) mass is 173 g/mol. The summed E-state index contributed by atoms with van der Waals surface area (Å²) in [4.78, 5) is 7.78. The molecule has 0 bridgehead atoms. The first-order valence-electron chi connectivity index (χ1n) is 3.58. The predicted molar refractivity (Wildman–Crippen MR) is 45.8 cm³/mol. The molecule has 0 amide bonds. The van der Waals surface area contributed by atoms with E-state index in [-0.39, 0.29) is 12.5 Å². The van der Waals surface area contributed by atoms with Crippen LogP contribution in [-0.2, 0) is 0 Å². The number of ether oxygens (including phenoxy) is 1. The van der Waals surface area contributed by atoms with Gasteiger partial charge in [0.15, 0.2) is 6.61 Å². The number of nitrogens with zero attached hydrogens (tertiary/aromatic N) is 3. The number of aryl methyl sites for hydroxylation is 1. The molecule has 0 atom stereocenters. The second-order valence-electron chi connectivity index (χ2n) is 2.24. The average Bonchev–Trinajstić information content (AvgIpc) is 2.15. The molecule has 4 heteroatoms. The highest BCUT2D eigenvalue weighted by Crippen LogP contribution is 2.12. The molecule has 1 aromatic heterocycles. The molecular formula is C9H7N3O. The highest BCUT2D eigenvalue weighted by Gasteiger charge is 2.04. The molecule has 64 valence electrons. The van der Waals surface area contributed by atoms with E-state index in [1.54, 1.807) is 6.92 Å². The molecular weight excluding hydrogens is 166 g/mol. The SMILES string of the molecule is C#CCOc1nc(C)ncc1C#N. The van der Waals surface area contributed by atoms with Gasteiger partial charge in [0.25, 0.3) is 0 Å². The van der Waals surface area contributed by atoms with Crippen molar-refractivity contribution in [1.29, 1.82) is 5.26 Å². The van der Waals surface area contributed by atoms with E-state index < -0.39 is 0 Å². The molecule has 0 aromatic carbocycles. The number of hydrogen-bond donors (Lipinski definition) is 0. The van der Waals surface area contributed by atoms with E-state index in [2.05, 4.69) is 15.9 Å². The second-order valence-corrected chi connectivity index (χ2v) is 2.24. The fourth-order valence-corrected chi connectivity index (χ4v) is 0.746. The van der Waals surface area contributed by atoms with E-state index in [0.29, 0.717) is 11.4 Å². The Morgan fingerprint density at radius 3 is 3.08 bits per heavy atom. The van der Waals surface area contributed by atoms with Gasteiger partial charge < -0.3 is 4.74 Å². The molecule has 1 rings (SSSR count). The highest BCUT2D eigenvalue weighted by atomic mass is 16.5. The van der Waals surface area contributed by atoms with Crippen LogP contribution in [0.3, 0.4) is 0 Å². The minimum absolute atomic E-state index is 0.102. The standard InChI is InChI=1S/C9H7N3O/c1-3-4-13-9-8(5-10)6-11-7(2)12-9/h1,6H,4H2,2H3. The van der Waals surface area contributed by atoms with E-state index in [1.165, 1.54) is 6.20 Å². The Labute approximate surface area is 76.2 Å². The Morgan fingerprint density at radius 2 is 2.46 bits per heavy atom. The van der Waals surface area contributed by atoms with Crippen molar-refractivity contribution in [3.63, 3.8) is 0 Å². The van der Waals surface area contributed by atoms with Crippen molar-refractivity contribution in [2.45, 2.75) is 6.92 Å². The highest BCUT2D eigenvalue weighted by molar-refractivity contribution is 5.35. The molecule has 0 fully saturated rings. The predicted octanol–water partition coefficient (Wildman–Crippen LogP) is 0.669. The topological polar surface area (TPSA) is 58.8 Å². The lowest BCUT2D eigenvalue weighted by Gasteiger charge is -2.02. The fourth-order valence-electron chi connectivity index (χ4n) is 0.746. The van der Waals surface area contributed by atoms with Crippen molar-refractivity contribution in [2.24, 2.45) is 0 Å². The molecule has 1 heterocycles. The Balaban J connectivity index is 2.97. The van der Waals surface area contributed by atoms with Crippen LogP contribution in [0.2, 0.25) is 0 Å². The van der Waals surface area contributed by atoms with Crippen LogP contribution in [0.1, 0.15) is 11.4 Å². The number of nitriles is 1. The zero-order valence-electron chi connectivity index (χ0n) is 7.11. The Kier molecular flexibility index (Phi) is 2.83. The molecule has 0 aliphatic rings. The fraction of sp³-hybridized carbons (Fsp3) is 0.222. The number of hydrogen-bond acceptors (Lipinski definition) is 4. The van der Waals surface area contributed by atoms with Gasteiger partial charge in [-0.3, -0.25) is 0 Å². The van der Waals surface area contributed by atoms with Gasteiger partial charge in [-0.15, -0.1) is 6.42 Å². The van der Waals surface area contributed by atoms with Crippen molar-refractivity contribution in [3.05, 3.63) is 17.6 Å². The normalized spacial score (nSPS) is 8.54. The van der Waals surface area contributed by atoms with Crippen LogP contribution in [-0.4, -0.2) is 16.6 Å². The molecule has 4 nitrogen and oxygen atoms in total. The molecule has 0 aliphatic carbocycles. The van der Waals surface area contributed by atoms with Gasteiger partial charge in [-0.05, 0) is 6.92 Å². The van der Waals surface area contributed by atoms with E-state index in [1.807, 2.05) is 6.07 Å². The van der Waals surface area contributed by atoms with Crippen molar-refractivity contribution in [3.8, 4) is 24.3 Å². The van der Waals surface area contributed by atoms with Crippen molar-refractivity contribution >= 4 is 0 Å². The maximum atomic E-state index is 8.65. The van der Waals surface area contributed by atoms with Crippen LogP contribution in [0.25, 0.3) is 0 Å². The quantitative estimate of drug-likeness (QED) is 0.617. The van der Waals surface area contributed by atoms with Crippen LogP contribution in [0.4, 0.5) is 0 Å². The van der Waals surface area contributed by atoms with Crippen molar-refractivity contribution in [2.75, 3.05) is 6.61 Å². The second kappa shape index (κ2) is 4.08. The molecule has 0 N–H and O–H groups in total. The summed E-state index contributed by atoms with van der Waals surface area (Å²) in [5, 5.41) is 8.65. The van der Waals surface area contributed by atoms with Gasteiger partial charge in [-0.25, -0.2) is 4.98 Å². The van der Waals surface area contributed by atoms with E-state index in [9.17, 15) is 0 Å².